The Bertz CT molecular complexity index is 580. The summed E-state index contributed by atoms with van der Waals surface area (Å²) >= 11 is 0. The Morgan fingerprint density at radius 1 is 1.45 bits per heavy atom. The minimum absolute atomic E-state index is 0.0601. The average molecular weight is 274 g/mol. The topological polar surface area (TPSA) is 82.2 Å². The van der Waals surface area contributed by atoms with Crippen LogP contribution in [0.4, 0.5) is 5.69 Å². The first-order valence-electron chi connectivity index (χ1n) is 6.37. The van der Waals surface area contributed by atoms with Gasteiger partial charge in [-0.05, 0) is 18.2 Å². The molecule has 0 aliphatic carbocycles. The third kappa shape index (κ3) is 4.01. The van der Waals surface area contributed by atoms with Crippen molar-refractivity contribution in [1.29, 1.82) is 0 Å². The lowest BCUT2D eigenvalue weighted by atomic mass is 10.3. The van der Waals surface area contributed by atoms with E-state index in [1.54, 1.807) is 23.0 Å². The van der Waals surface area contributed by atoms with Crippen LogP contribution in [-0.4, -0.2) is 22.3 Å². The molecule has 106 valence electrons. The van der Waals surface area contributed by atoms with Crippen molar-refractivity contribution in [1.82, 2.24) is 15.1 Å². The number of nitrogens with one attached hydrogen (secondary N) is 1. The number of carbonyl (C=O) groups is 1. The van der Waals surface area contributed by atoms with Gasteiger partial charge < -0.3 is 15.8 Å². The number of nitrogens with zero attached hydrogens (tertiary/aromatic N) is 2. The van der Waals surface area contributed by atoms with Crippen molar-refractivity contribution >= 4 is 11.6 Å². The Morgan fingerprint density at radius 3 is 3.00 bits per heavy atom. The van der Waals surface area contributed by atoms with Crippen molar-refractivity contribution in [2.45, 2.75) is 13.0 Å². The Balaban J connectivity index is 1.69. The maximum absolute atomic E-state index is 11.7. The van der Waals surface area contributed by atoms with Gasteiger partial charge in [0.15, 0.2) is 0 Å². The second-order valence-electron chi connectivity index (χ2n) is 4.39. The number of ether oxygens (including phenoxy) is 1. The number of hydrogen-bond donors (Lipinski definition) is 2. The molecule has 0 radical (unpaired) electrons. The molecule has 0 aliphatic heterocycles. The van der Waals surface area contributed by atoms with Crippen molar-refractivity contribution in [3.8, 4) is 5.75 Å². The van der Waals surface area contributed by atoms with Crippen LogP contribution in [0.3, 0.4) is 0 Å². The summed E-state index contributed by atoms with van der Waals surface area (Å²) in [5.74, 6) is 0.611. The van der Waals surface area contributed by atoms with Gasteiger partial charge in [0.05, 0.1) is 25.3 Å². The summed E-state index contributed by atoms with van der Waals surface area (Å²) in [4.78, 5) is 11.7. The molecule has 0 aliphatic rings. The zero-order valence-electron chi connectivity index (χ0n) is 11.4. The van der Waals surface area contributed by atoms with Gasteiger partial charge in [-0.1, -0.05) is 6.07 Å². The largest absolute Gasteiger partial charge is 0.493 e. The summed E-state index contributed by atoms with van der Waals surface area (Å²) in [6.45, 7) is 0.786. The van der Waals surface area contributed by atoms with E-state index in [0.717, 1.165) is 5.69 Å². The lowest BCUT2D eigenvalue weighted by Gasteiger charge is -2.08. The molecule has 0 saturated carbocycles. The van der Waals surface area contributed by atoms with Gasteiger partial charge in [0, 0.05) is 25.0 Å². The van der Waals surface area contributed by atoms with Crippen molar-refractivity contribution in [3.05, 3.63) is 42.2 Å². The third-order valence-electron chi connectivity index (χ3n) is 2.85. The first-order chi connectivity index (χ1) is 9.65. The van der Waals surface area contributed by atoms with Crippen LogP contribution < -0.4 is 15.8 Å². The molecule has 0 fully saturated rings. The zero-order valence-corrected chi connectivity index (χ0v) is 11.4. The van der Waals surface area contributed by atoms with E-state index in [0.29, 0.717) is 31.0 Å². The third-order valence-corrected chi connectivity index (χ3v) is 2.85. The molecular formula is C14H18N4O2. The Morgan fingerprint density at radius 2 is 2.30 bits per heavy atom. The van der Waals surface area contributed by atoms with Crippen molar-refractivity contribution in [2.24, 2.45) is 7.05 Å². The van der Waals surface area contributed by atoms with Crippen LogP contribution in [0, 0.1) is 0 Å². The minimum Gasteiger partial charge on any atom is -0.493 e. The van der Waals surface area contributed by atoms with E-state index in [-0.39, 0.29) is 5.91 Å². The number of aromatic nitrogens is 2. The quantitative estimate of drug-likeness (QED) is 0.772. The fraction of sp³-hybridized carbons (Fsp3) is 0.286. The average Bonchev–Trinajstić information content (AvgIpc) is 2.82. The molecule has 0 bridgehead atoms. The summed E-state index contributed by atoms with van der Waals surface area (Å²) in [6.07, 6.45) is 2.00. The highest BCUT2D eigenvalue weighted by atomic mass is 16.5. The molecular weight excluding hydrogens is 256 g/mol. The van der Waals surface area contributed by atoms with E-state index in [1.807, 2.05) is 25.2 Å². The Hall–Kier alpha value is -2.50. The maximum Gasteiger partial charge on any atom is 0.223 e. The van der Waals surface area contributed by atoms with Gasteiger partial charge in [0.2, 0.25) is 5.91 Å². The molecule has 0 saturated heterocycles. The van der Waals surface area contributed by atoms with E-state index in [9.17, 15) is 4.79 Å². The number of hydrogen-bond acceptors (Lipinski definition) is 4. The molecule has 2 rings (SSSR count). The van der Waals surface area contributed by atoms with Gasteiger partial charge in [-0.3, -0.25) is 9.48 Å². The van der Waals surface area contributed by atoms with Crippen molar-refractivity contribution < 1.29 is 9.53 Å². The lowest BCUT2D eigenvalue weighted by Crippen LogP contribution is -2.25. The number of amides is 1. The van der Waals surface area contributed by atoms with Gasteiger partial charge in [-0.2, -0.15) is 5.10 Å². The molecule has 2 aromatic rings. The molecule has 1 aromatic carbocycles. The number of rotatable bonds is 6. The number of nitrogens with two attached hydrogens (primary N) is 1. The number of aryl methyl sites for hydroxylation is 1. The van der Waals surface area contributed by atoms with Crippen LogP contribution in [0.15, 0.2) is 36.5 Å². The van der Waals surface area contributed by atoms with Crippen LogP contribution in [0.2, 0.25) is 0 Å². The van der Waals surface area contributed by atoms with Gasteiger partial charge >= 0.3 is 0 Å². The highest BCUT2D eigenvalue weighted by Crippen LogP contribution is 2.14. The maximum atomic E-state index is 11.7. The lowest BCUT2D eigenvalue weighted by molar-refractivity contribution is -0.121. The Labute approximate surface area is 117 Å². The van der Waals surface area contributed by atoms with Crippen LogP contribution in [0.1, 0.15) is 12.1 Å². The normalized spacial score (nSPS) is 10.2. The summed E-state index contributed by atoms with van der Waals surface area (Å²) < 4.78 is 7.19. The van der Waals surface area contributed by atoms with Gasteiger partial charge in [-0.15, -0.1) is 0 Å². The molecule has 1 aromatic heterocycles. The van der Waals surface area contributed by atoms with E-state index in [1.165, 1.54) is 0 Å². The number of anilines is 1. The van der Waals surface area contributed by atoms with Gasteiger partial charge in [0.1, 0.15) is 5.75 Å². The molecule has 3 N–H and O–H groups in total. The fourth-order valence-corrected chi connectivity index (χ4v) is 1.72. The summed E-state index contributed by atoms with van der Waals surface area (Å²) in [7, 11) is 1.84. The first-order valence-corrected chi connectivity index (χ1v) is 6.37. The fourth-order valence-electron chi connectivity index (χ4n) is 1.72. The van der Waals surface area contributed by atoms with E-state index >= 15 is 0 Å². The summed E-state index contributed by atoms with van der Waals surface area (Å²) in [5.41, 5.74) is 7.23. The van der Waals surface area contributed by atoms with Crippen LogP contribution in [0.5, 0.6) is 5.75 Å². The molecule has 0 unspecified atom stereocenters. The van der Waals surface area contributed by atoms with Crippen LogP contribution >= 0.6 is 0 Å². The smallest absolute Gasteiger partial charge is 0.223 e. The second kappa shape index (κ2) is 6.60. The molecule has 0 atom stereocenters. The number of benzene rings is 1. The zero-order chi connectivity index (χ0) is 14.4. The van der Waals surface area contributed by atoms with Crippen LogP contribution in [-0.2, 0) is 18.4 Å². The van der Waals surface area contributed by atoms with E-state index in [4.69, 9.17) is 10.5 Å². The highest BCUT2D eigenvalue weighted by Gasteiger charge is 2.04. The SMILES string of the molecule is Cn1nccc1CNC(=O)CCOc1cccc(N)c1. The standard InChI is InChI=1S/C14H18N4O2/c1-18-12(5-7-17-18)10-16-14(19)6-8-20-13-4-2-3-11(15)9-13/h2-5,7,9H,6,8,10,15H2,1H3,(H,16,19). The monoisotopic (exact) mass is 274 g/mol. The Kier molecular flexibility index (Phi) is 4.60. The van der Waals surface area contributed by atoms with Crippen LogP contribution in [0.25, 0.3) is 0 Å². The molecule has 1 heterocycles. The molecule has 6 heteroatoms. The van der Waals surface area contributed by atoms with Crippen molar-refractivity contribution in [3.63, 3.8) is 0 Å². The second-order valence-corrected chi connectivity index (χ2v) is 4.39. The highest BCUT2D eigenvalue weighted by molar-refractivity contribution is 5.75. The van der Waals surface area contributed by atoms with Gasteiger partial charge in [-0.25, -0.2) is 0 Å². The predicted octanol–water partition coefficient (Wildman–Crippen LogP) is 1.09. The van der Waals surface area contributed by atoms with Gasteiger partial charge in [0.25, 0.3) is 0 Å². The number of nitrogen functional groups attached to an aromatic ring is 1. The summed E-state index contributed by atoms with van der Waals surface area (Å²) in [5, 5.41) is 6.85. The summed E-state index contributed by atoms with van der Waals surface area (Å²) in [6, 6.07) is 9.00. The molecule has 20 heavy (non-hydrogen) atoms. The predicted molar refractivity (Wildman–Crippen MR) is 76.0 cm³/mol. The number of carbonyl (C=O) groups excluding carboxylic acids is 1. The molecule has 0 spiro atoms. The van der Waals surface area contributed by atoms with E-state index < -0.39 is 0 Å². The minimum atomic E-state index is -0.0601. The van der Waals surface area contributed by atoms with Crippen molar-refractivity contribution in [2.75, 3.05) is 12.3 Å². The molecule has 6 nitrogen and oxygen atoms in total. The first kappa shape index (κ1) is 13.9. The van der Waals surface area contributed by atoms with E-state index in [2.05, 4.69) is 10.4 Å². The molecule has 1 amide bonds.